The van der Waals surface area contributed by atoms with Crippen molar-refractivity contribution in [3.8, 4) is 0 Å². The predicted molar refractivity (Wildman–Crippen MR) is 128 cm³/mol. The monoisotopic (exact) mass is 413 g/mol. The molecular weight excluding hydrogens is 382 g/mol. The maximum atomic E-state index is 13.0. The van der Waals surface area contributed by atoms with Crippen molar-refractivity contribution in [2.24, 2.45) is 0 Å². The van der Waals surface area contributed by atoms with Crippen molar-refractivity contribution >= 4 is 28.3 Å². The quantitative estimate of drug-likeness (QED) is 0.258. The van der Waals surface area contributed by atoms with Gasteiger partial charge in [0.1, 0.15) is 0 Å². The van der Waals surface area contributed by atoms with E-state index in [1.54, 1.807) is 0 Å². The molecule has 0 bridgehead atoms. The Kier molecular flexibility index (Phi) is 6.81. The number of carbonyl (C=O) groups is 2. The molecule has 31 heavy (non-hydrogen) atoms. The van der Waals surface area contributed by atoms with Crippen LogP contribution < -0.4 is 4.90 Å². The van der Waals surface area contributed by atoms with Crippen LogP contribution in [0.3, 0.4) is 0 Å². The molecule has 0 saturated heterocycles. The van der Waals surface area contributed by atoms with Crippen LogP contribution in [0.5, 0.6) is 0 Å². The number of rotatable bonds is 10. The Morgan fingerprint density at radius 1 is 0.645 bits per heavy atom. The summed E-state index contributed by atoms with van der Waals surface area (Å²) in [6, 6.07) is 19.4. The Balaban J connectivity index is 1.36. The van der Waals surface area contributed by atoms with E-state index >= 15 is 0 Å². The summed E-state index contributed by atoms with van der Waals surface area (Å²) in [6.45, 7) is 2.25. The third-order valence-corrected chi connectivity index (χ3v) is 6.27. The van der Waals surface area contributed by atoms with Crippen molar-refractivity contribution in [1.29, 1.82) is 0 Å². The Bertz CT molecular complexity index is 1010. The first-order valence-electron chi connectivity index (χ1n) is 11.7. The fourth-order valence-corrected chi connectivity index (χ4v) is 4.44. The zero-order valence-electron chi connectivity index (χ0n) is 18.4. The van der Waals surface area contributed by atoms with E-state index in [-0.39, 0.29) is 11.8 Å². The SMILES string of the molecule is CCCCCCCCCCc1ccc(N2C(=O)c3cc4ccccc4cc3C2=O)cc1. The van der Waals surface area contributed by atoms with Crippen LogP contribution in [0.25, 0.3) is 10.8 Å². The standard InChI is InChI=1S/C28H31NO2/c1-2-3-4-5-6-7-8-9-12-21-15-17-24(18-16-21)29-27(30)25-19-22-13-10-11-14-23(22)20-26(25)28(29)31/h10-11,13-20H,2-9,12H2,1H3. The predicted octanol–water partition coefficient (Wildman–Crippen LogP) is 7.32. The first-order valence-corrected chi connectivity index (χ1v) is 11.7. The van der Waals surface area contributed by atoms with Crippen LogP contribution in [-0.4, -0.2) is 11.8 Å². The van der Waals surface area contributed by atoms with Gasteiger partial charge in [0.25, 0.3) is 11.8 Å². The highest BCUT2D eigenvalue weighted by Crippen LogP contribution is 2.31. The molecule has 160 valence electrons. The lowest BCUT2D eigenvalue weighted by Gasteiger charge is -2.14. The number of aryl methyl sites for hydroxylation is 1. The maximum absolute atomic E-state index is 13.0. The van der Waals surface area contributed by atoms with Crippen LogP contribution >= 0.6 is 0 Å². The van der Waals surface area contributed by atoms with Gasteiger partial charge in [-0.1, -0.05) is 88.3 Å². The topological polar surface area (TPSA) is 37.4 Å². The molecule has 0 N–H and O–H groups in total. The number of benzene rings is 3. The molecule has 3 nitrogen and oxygen atoms in total. The van der Waals surface area contributed by atoms with E-state index in [9.17, 15) is 9.59 Å². The van der Waals surface area contributed by atoms with Gasteiger partial charge in [0, 0.05) is 0 Å². The van der Waals surface area contributed by atoms with Gasteiger partial charge in [0.2, 0.25) is 0 Å². The second kappa shape index (κ2) is 9.91. The van der Waals surface area contributed by atoms with Crippen LogP contribution in [0.1, 0.15) is 84.6 Å². The number of imide groups is 1. The normalized spacial score (nSPS) is 13.3. The van der Waals surface area contributed by atoms with Gasteiger partial charge in [0.15, 0.2) is 0 Å². The maximum Gasteiger partial charge on any atom is 0.266 e. The molecule has 1 aliphatic rings. The van der Waals surface area contributed by atoms with Gasteiger partial charge >= 0.3 is 0 Å². The molecular formula is C28H31NO2. The molecule has 1 heterocycles. The number of hydrogen-bond donors (Lipinski definition) is 0. The summed E-state index contributed by atoms with van der Waals surface area (Å²) in [5, 5.41) is 1.95. The highest BCUT2D eigenvalue weighted by atomic mass is 16.2. The summed E-state index contributed by atoms with van der Waals surface area (Å²) in [5.41, 5.74) is 2.89. The number of amides is 2. The van der Waals surface area contributed by atoms with Crippen molar-refractivity contribution in [2.45, 2.75) is 64.7 Å². The molecule has 0 atom stereocenters. The van der Waals surface area contributed by atoms with Gasteiger partial charge < -0.3 is 0 Å². The highest BCUT2D eigenvalue weighted by Gasteiger charge is 2.36. The van der Waals surface area contributed by atoms with E-state index < -0.39 is 0 Å². The summed E-state index contributed by atoms with van der Waals surface area (Å²) in [6.07, 6.45) is 11.5. The minimum Gasteiger partial charge on any atom is -0.268 e. The zero-order chi connectivity index (χ0) is 21.6. The molecule has 3 aromatic rings. The van der Waals surface area contributed by atoms with Crippen LogP contribution in [0.2, 0.25) is 0 Å². The van der Waals surface area contributed by atoms with Crippen LogP contribution in [0.4, 0.5) is 5.69 Å². The van der Waals surface area contributed by atoms with E-state index in [4.69, 9.17) is 0 Å². The second-order valence-corrected chi connectivity index (χ2v) is 8.58. The van der Waals surface area contributed by atoms with Crippen molar-refractivity contribution < 1.29 is 9.59 Å². The lowest BCUT2D eigenvalue weighted by molar-refractivity contribution is 0.0926. The smallest absolute Gasteiger partial charge is 0.266 e. The van der Waals surface area contributed by atoms with E-state index in [1.165, 1.54) is 61.8 Å². The van der Waals surface area contributed by atoms with Crippen LogP contribution in [0.15, 0.2) is 60.7 Å². The summed E-state index contributed by atoms with van der Waals surface area (Å²) < 4.78 is 0. The summed E-state index contributed by atoms with van der Waals surface area (Å²) in [4.78, 5) is 27.3. The minimum atomic E-state index is -0.235. The fourth-order valence-electron chi connectivity index (χ4n) is 4.44. The number of unbranched alkanes of at least 4 members (excludes halogenated alkanes) is 7. The summed E-state index contributed by atoms with van der Waals surface area (Å²) in [5.74, 6) is -0.469. The summed E-state index contributed by atoms with van der Waals surface area (Å²) >= 11 is 0. The molecule has 0 aromatic heterocycles. The average molecular weight is 414 g/mol. The highest BCUT2D eigenvalue weighted by molar-refractivity contribution is 6.35. The first-order chi connectivity index (χ1) is 15.2. The van der Waals surface area contributed by atoms with Gasteiger partial charge in [0.05, 0.1) is 16.8 Å². The van der Waals surface area contributed by atoms with Crippen molar-refractivity contribution in [3.05, 3.63) is 77.4 Å². The van der Waals surface area contributed by atoms with Crippen molar-refractivity contribution in [3.63, 3.8) is 0 Å². The fraction of sp³-hybridized carbons (Fsp3) is 0.357. The molecule has 0 unspecified atom stereocenters. The molecule has 0 radical (unpaired) electrons. The van der Waals surface area contributed by atoms with Crippen molar-refractivity contribution in [1.82, 2.24) is 0 Å². The van der Waals surface area contributed by atoms with Crippen LogP contribution in [-0.2, 0) is 6.42 Å². The number of carbonyl (C=O) groups excluding carboxylic acids is 2. The number of anilines is 1. The van der Waals surface area contributed by atoms with Gasteiger partial charge in [-0.25, -0.2) is 4.90 Å². The lowest BCUT2D eigenvalue weighted by atomic mass is 10.0. The first kappa shape index (κ1) is 21.3. The second-order valence-electron chi connectivity index (χ2n) is 8.58. The van der Waals surface area contributed by atoms with E-state index in [0.717, 1.165) is 17.2 Å². The Morgan fingerprint density at radius 2 is 1.16 bits per heavy atom. The summed E-state index contributed by atoms with van der Waals surface area (Å²) in [7, 11) is 0. The third-order valence-electron chi connectivity index (χ3n) is 6.27. The van der Waals surface area contributed by atoms with Gasteiger partial charge in [-0.05, 0) is 53.4 Å². The number of hydrogen-bond acceptors (Lipinski definition) is 2. The zero-order valence-corrected chi connectivity index (χ0v) is 18.4. The number of nitrogens with zero attached hydrogens (tertiary/aromatic N) is 1. The molecule has 0 aliphatic carbocycles. The van der Waals surface area contributed by atoms with Crippen LogP contribution in [0, 0.1) is 0 Å². The largest absolute Gasteiger partial charge is 0.268 e. The molecule has 3 heteroatoms. The number of fused-ring (bicyclic) bond motifs is 2. The molecule has 0 fully saturated rings. The van der Waals surface area contributed by atoms with Gasteiger partial charge in [-0.2, -0.15) is 0 Å². The Hall–Kier alpha value is -2.94. The van der Waals surface area contributed by atoms with Crippen molar-refractivity contribution in [2.75, 3.05) is 4.90 Å². The third kappa shape index (κ3) is 4.71. The average Bonchev–Trinajstić information content (AvgIpc) is 3.04. The molecule has 3 aromatic carbocycles. The van der Waals surface area contributed by atoms with E-state index in [2.05, 4.69) is 19.1 Å². The van der Waals surface area contributed by atoms with Gasteiger partial charge in [-0.3, -0.25) is 9.59 Å². The lowest BCUT2D eigenvalue weighted by Crippen LogP contribution is -2.29. The molecule has 0 saturated carbocycles. The van der Waals surface area contributed by atoms with E-state index in [1.807, 2.05) is 48.5 Å². The molecule has 2 amide bonds. The Labute approximate surface area is 185 Å². The minimum absolute atomic E-state index is 0.235. The molecule has 4 rings (SSSR count). The molecule has 0 spiro atoms. The van der Waals surface area contributed by atoms with Gasteiger partial charge in [-0.15, -0.1) is 0 Å². The molecule has 1 aliphatic heterocycles. The van der Waals surface area contributed by atoms with E-state index in [0.29, 0.717) is 16.8 Å². The Morgan fingerprint density at radius 3 is 1.71 bits per heavy atom.